The van der Waals surface area contributed by atoms with E-state index in [1.165, 1.54) is 10.8 Å². The molecule has 2 aromatic carbocycles. The van der Waals surface area contributed by atoms with E-state index >= 15 is 0 Å². The van der Waals surface area contributed by atoms with Gasteiger partial charge in [0.2, 0.25) is 5.91 Å². The lowest BCUT2D eigenvalue weighted by atomic mass is 10.1. The summed E-state index contributed by atoms with van der Waals surface area (Å²) in [6.07, 6.45) is 4.64. The third-order valence-corrected chi connectivity index (χ3v) is 4.98. The highest BCUT2D eigenvalue weighted by Crippen LogP contribution is 2.22. The second-order valence-corrected chi connectivity index (χ2v) is 7.39. The van der Waals surface area contributed by atoms with Crippen LogP contribution in [0.15, 0.2) is 42.5 Å². The van der Waals surface area contributed by atoms with Gasteiger partial charge in [0, 0.05) is 35.8 Å². The van der Waals surface area contributed by atoms with Crippen molar-refractivity contribution in [1.29, 1.82) is 0 Å². The summed E-state index contributed by atoms with van der Waals surface area (Å²) >= 11 is 8.72. The number of unbranched alkanes of at least 4 members (excludes halogenated alkanes) is 1. The average Bonchev–Trinajstić information content (AvgIpc) is 2.63. The number of carbonyl (C=O) groups is 1. The smallest absolute Gasteiger partial charge is 0.220 e. The number of fused-ring (bicyclic) bond motifs is 1. The first-order chi connectivity index (χ1) is 12.2. The summed E-state index contributed by atoms with van der Waals surface area (Å²) < 4.78 is 0. The second kappa shape index (κ2) is 11.3. The molecule has 1 atom stereocenters. The Hall–Kier alpha value is -1.33. The number of hydrogen-bond acceptors (Lipinski definition) is 4. The van der Waals surface area contributed by atoms with Gasteiger partial charge in [-0.15, -0.1) is 0 Å². The van der Waals surface area contributed by atoms with Gasteiger partial charge in [0.25, 0.3) is 0 Å². The van der Waals surface area contributed by atoms with Gasteiger partial charge in [-0.3, -0.25) is 4.79 Å². The van der Waals surface area contributed by atoms with Crippen LogP contribution in [0, 0.1) is 0 Å². The Labute approximate surface area is 161 Å². The third kappa shape index (κ3) is 7.20. The van der Waals surface area contributed by atoms with Crippen LogP contribution in [0.4, 0.5) is 5.69 Å². The van der Waals surface area contributed by atoms with Crippen molar-refractivity contribution in [3.05, 3.63) is 42.5 Å². The number of carbonyl (C=O) groups excluding carboxylic acids is 1. The van der Waals surface area contributed by atoms with Crippen molar-refractivity contribution in [2.45, 2.75) is 37.4 Å². The van der Waals surface area contributed by atoms with Crippen molar-refractivity contribution >= 4 is 47.6 Å². The Bertz CT molecular complexity index is 658. The standard InChI is InChI=1S/C20H28N2OS2/c23-20(11-4-2-8-17(25)12-15-24)22-14-13-21-19-10-5-7-16-6-1-3-9-18(16)19/h1,3,5-7,9-10,17,21,24-25H,2,4,8,11-15H2,(H,22,23). The van der Waals surface area contributed by atoms with Gasteiger partial charge in [-0.25, -0.2) is 0 Å². The fourth-order valence-corrected chi connectivity index (χ4v) is 3.65. The molecule has 25 heavy (non-hydrogen) atoms. The molecule has 2 aromatic rings. The summed E-state index contributed by atoms with van der Waals surface area (Å²) in [6.45, 7) is 1.36. The largest absolute Gasteiger partial charge is 0.383 e. The number of anilines is 1. The topological polar surface area (TPSA) is 41.1 Å². The number of hydrogen-bond donors (Lipinski definition) is 4. The highest BCUT2D eigenvalue weighted by molar-refractivity contribution is 7.81. The first kappa shape index (κ1) is 20.0. The normalized spacial score (nSPS) is 12.1. The minimum atomic E-state index is 0.129. The molecule has 0 radical (unpaired) electrons. The van der Waals surface area contributed by atoms with E-state index in [1.54, 1.807) is 0 Å². The highest BCUT2D eigenvalue weighted by atomic mass is 32.1. The van der Waals surface area contributed by atoms with Crippen LogP contribution < -0.4 is 10.6 Å². The molecule has 0 fully saturated rings. The summed E-state index contributed by atoms with van der Waals surface area (Å²) in [4.78, 5) is 11.9. The van der Waals surface area contributed by atoms with E-state index in [1.807, 2.05) is 18.2 Å². The first-order valence-corrected chi connectivity index (χ1v) is 10.1. The number of amides is 1. The molecule has 0 saturated heterocycles. The van der Waals surface area contributed by atoms with Crippen molar-refractivity contribution < 1.29 is 4.79 Å². The van der Waals surface area contributed by atoms with Crippen LogP contribution in [0.2, 0.25) is 0 Å². The van der Waals surface area contributed by atoms with Gasteiger partial charge in [-0.2, -0.15) is 25.3 Å². The van der Waals surface area contributed by atoms with E-state index in [9.17, 15) is 4.79 Å². The molecule has 1 amide bonds. The maximum absolute atomic E-state index is 11.9. The monoisotopic (exact) mass is 376 g/mol. The van der Waals surface area contributed by atoms with Crippen molar-refractivity contribution in [1.82, 2.24) is 5.32 Å². The first-order valence-electron chi connectivity index (χ1n) is 8.98. The molecule has 2 rings (SSSR count). The Morgan fingerprint density at radius 3 is 2.64 bits per heavy atom. The quantitative estimate of drug-likeness (QED) is 0.343. The Kier molecular flexibility index (Phi) is 9.05. The van der Waals surface area contributed by atoms with E-state index in [-0.39, 0.29) is 5.91 Å². The second-order valence-electron chi connectivity index (χ2n) is 6.22. The van der Waals surface area contributed by atoms with Crippen molar-refractivity contribution in [2.24, 2.45) is 0 Å². The summed E-state index contributed by atoms with van der Waals surface area (Å²) in [5.41, 5.74) is 1.11. The van der Waals surface area contributed by atoms with Crippen LogP contribution in [-0.2, 0) is 4.79 Å². The molecule has 0 aromatic heterocycles. The molecule has 0 heterocycles. The lowest BCUT2D eigenvalue weighted by Gasteiger charge is -2.11. The summed E-state index contributed by atoms with van der Waals surface area (Å²) in [5, 5.41) is 9.22. The molecule has 0 aliphatic heterocycles. The van der Waals surface area contributed by atoms with Gasteiger partial charge in [0.05, 0.1) is 0 Å². The summed E-state index contributed by atoms with van der Waals surface area (Å²) in [6, 6.07) is 14.5. The highest BCUT2D eigenvalue weighted by Gasteiger charge is 2.04. The number of nitrogens with one attached hydrogen (secondary N) is 2. The maximum atomic E-state index is 11.9. The van der Waals surface area contributed by atoms with E-state index in [4.69, 9.17) is 0 Å². The SMILES string of the molecule is O=C(CCCCC(S)CCS)NCCNc1cccc2ccccc12. The molecule has 0 saturated carbocycles. The molecule has 3 nitrogen and oxygen atoms in total. The molecule has 0 bridgehead atoms. The van der Waals surface area contributed by atoms with Gasteiger partial charge >= 0.3 is 0 Å². The van der Waals surface area contributed by atoms with Crippen LogP contribution in [0.3, 0.4) is 0 Å². The van der Waals surface area contributed by atoms with Crippen LogP contribution in [0.25, 0.3) is 10.8 Å². The molecule has 5 heteroatoms. The molecule has 0 spiro atoms. The number of rotatable bonds is 11. The van der Waals surface area contributed by atoms with Crippen LogP contribution in [0.1, 0.15) is 32.1 Å². The zero-order valence-corrected chi connectivity index (χ0v) is 16.4. The summed E-state index contributed by atoms with van der Waals surface area (Å²) in [5.74, 6) is 1.00. The predicted octanol–water partition coefficient (Wildman–Crippen LogP) is 4.55. The van der Waals surface area contributed by atoms with Gasteiger partial charge in [-0.1, -0.05) is 42.8 Å². The summed E-state index contributed by atoms with van der Waals surface area (Å²) in [7, 11) is 0. The third-order valence-electron chi connectivity index (χ3n) is 4.21. The number of thiol groups is 2. The lowest BCUT2D eigenvalue weighted by molar-refractivity contribution is -0.121. The Morgan fingerprint density at radius 2 is 1.80 bits per heavy atom. The van der Waals surface area contributed by atoms with Crippen LogP contribution >= 0.6 is 25.3 Å². The number of benzene rings is 2. The van der Waals surface area contributed by atoms with E-state index < -0.39 is 0 Å². The van der Waals surface area contributed by atoms with Crippen LogP contribution in [-0.4, -0.2) is 30.0 Å². The molecular weight excluding hydrogens is 348 g/mol. The van der Waals surface area contributed by atoms with Gasteiger partial charge in [-0.05, 0) is 36.5 Å². The van der Waals surface area contributed by atoms with Gasteiger partial charge < -0.3 is 10.6 Å². The molecule has 0 aliphatic carbocycles. The fourth-order valence-electron chi connectivity index (χ4n) is 2.83. The predicted molar refractivity (Wildman–Crippen MR) is 115 cm³/mol. The van der Waals surface area contributed by atoms with Crippen molar-refractivity contribution in [3.63, 3.8) is 0 Å². The maximum Gasteiger partial charge on any atom is 0.220 e. The van der Waals surface area contributed by atoms with Gasteiger partial charge in [0.15, 0.2) is 0 Å². The average molecular weight is 377 g/mol. The fraction of sp³-hybridized carbons (Fsp3) is 0.450. The minimum Gasteiger partial charge on any atom is -0.383 e. The molecule has 136 valence electrons. The lowest BCUT2D eigenvalue weighted by Crippen LogP contribution is -2.28. The van der Waals surface area contributed by atoms with Crippen molar-refractivity contribution in [3.8, 4) is 0 Å². The van der Waals surface area contributed by atoms with E-state index in [0.29, 0.717) is 18.2 Å². The van der Waals surface area contributed by atoms with Crippen molar-refractivity contribution in [2.75, 3.05) is 24.2 Å². The molecule has 2 N–H and O–H groups in total. The molecular formula is C20H28N2OS2. The van der Waals surface area contributed by atoms with E-state index in [0.717, 1.165) is 43.7 Å². The van der Waals surface area contributed by atoms with E-state index in [2.05, 4.69) is 60.2 Å². The van der Waals surface area contributed by atoms with Crippen LogP contribution in [0.5, 0.6) is 0 Å². The zero-order chi connectivity index (χ0) is 17.9. The minimum absolute atomic E-state index is 0.129. The Balaban J connectivity index is 1.61. The van der Waals surface area contributed by atoms with Gasteiger partial charge in [0.1, 0.15) is 0 Å². The Morgan fingerprint density at radius 1 is 1.00 bits per heavy atom. The zero-order valence-electron chi connectivity index (χ0n) is 14.6. The molecule has 1 unspecified atom stereocenters. The molecule has 0 aliphatic rings.